The second-order valence-corrected chi connectivity index (χ2v) is 8.32. The molecule has 1 N–H and O–H groups in total. The molecule has 1 amide bonds. The molecular weight excluding hydrogens is 472 g/mol. The van der Waals surface area contributed by atoms with Crippen molar-refractivity contribution in [1.29, 1.82) is 0 Å². The molecular formula is C24H24Cl2FNO5. The van der Waals surface area contributed by atoms with Crippen LogP contribution in [0, 0.1) is 5.82 Å². The average Bonchev–Trinajstić information content (AvgIpc) is 3.04. The molecule has 33 heavy (non-hydrogen) atoms. The summed E-state index contributed by atoms with van der Waals surface area (Å²) in [5.41, 5.74) is 0.365. The molecule has 1 atom stereocenters. The summed E-state index contributed by atoms with van der Waals surface area (Å²) >= 11 is 12.6. The van der Waals surface area contributed by atoms with E-state index in [1.54, 1.807) is 0 Å². The van der Waals surface area contributed by atoms with E-state index in [4.69, 9.17) is 32.7 Å². The van der Waals surface area contributed by atoms with Crippen molar-refractivity contribution in [3.8, 4) is 11.5 Å². The fourth-order valence-electron chi connectivity index (χ4n) is 3.93. The number of hydrogen-bond donors (Lipinski definition) is 1. The number of unbranched alkanes of at least 4 members (excludes halogenated alkanes) is 2. The van der Waals surface area contributed by atoms with Crippen LogP contribution in [0.4, 0.5) is 4.39 Å². The molecule has 0 aromatic heterocycles. The van der Waals surface area contributed by atoms with E-state index in [-0.39, 0.29) is 32.7 Å². The van der Waals surface area contributed by atoms with Gasteiger partial charge in [0, 0.05) is 6.54 Å². The van der Waals surface area contributed by atoms with Gasteiger partial charge in [-0.2, -0.15) is 0 Å². The first-order valence-corrected chi connectivity index (χ1v) is 11.2. The number of carbonyl (C=O) groups excluding carboxylic acids is 2. The highest BCUT2D eigenvalue weighted by Gasteiger charge is 2.46. The third kappa shape index (κ3) is 4.66. The lowest BCUT2D eigenvalue weighted by molar-refractivity contribution is -0.139. The van der Waals surface area contributed by atoms with E-state index < -0.39 is 29.3 Å². The largest absolute Gasteiger partial charge is 0.507 e. The zero-order chi connectivity index (χ0) is 24.3. The van der Waals surface area contributed by atoms with Gasteiger partial charge in [-0.25, -0.2) is 4.39 Å². The van der Waals surface area contributed by atoms with Crippen LogP contribution in [0.25, 0.3) is 5.76 Å². The van der Waals surface area contributed by atoms with E-state index in [0.29, 0.717) is 18.5 Å². The predicted octanol–water partition coefficient (Wildman–Crippen LogP) is 5.76. The zero-order valence-electron chi connectivity index (χ0n) is 18.5. The normalized spacial score (nSPS) is 17.5. The SMILES string of the molecule is CCCCCN1C(=O)C(=O)/C(=C(/O)c2cc(Cl)c(OC)c(Cl)c2OC)C1c1ccc(F)cc1. The second kappa shape index (κ2) is 10.4. The Labute approximate surface area is 201 Å². The molecule has 0 bridgehead atoms. The quantitative estimate of drug-likeness (QED) is 0.218. The van der Waals surface area contributed by atoms with Gasteiger partial charge < -0.3 is 19.5 Å². The molecule has 1 heterocycles. The van der Waals surface area contributed by atoms with Crippen LogP contribution in [0.3, 0.4) is 0 Å². The zero-order valence-corrected chi connectivity index (χ0v) is 20.0. The van der Waals surface area contributed by atoms with Gasteiger partial charge in [-0.05, 0) is 30.2 Å². The number of benzene rings is 2. The first kappa shape index (κ1) is 24.9. The number of Topliss-reactive ketones (excluding diaryl/α,β-unsaturated/α-hetero) is 1. The van der Waals surface area contributed by atoms with Crippen molar-refractivity contribution in [3.05, 3.63) is 62.9 Å². The minimum absolute atomic E-state index is 0.00422. The third-order valence-corrected chi connectivity index (χ3v) is 6.15. The van der Waals surface area contributed by atoms with E-state index in [1.165, 1.54) is 49.5 Å². The molecule has 1 aliphatic rings. The molecule has 1 unspecified atom stereocenters. The van der Waals surface area contributed by atoms with Crippen molar-refractivity contribution in [3.63, 3.8) is 0 Å². The molecule has 2 aromatic rings. The summed E-state index contributed by atoms with van der Waals surface area (Å²) in [6, 6.07) is 5.89. The number of halogens is 3. The second-order valence-electron chi connectivity index (χ2n) is 7.54. The smallest absolute Gasteiger partial charge is 0.295 e. The number of rotatable bonds is 8. The van der Waals surface area contributed by atoms with Gasteiger partial charge in [0.2, 0.25) is 0 Å². The summed E-state index contributed by atoms with van der Waals surface area (Å²) in [5, 5.41) is 11.4. The lowest BCUT2D eigenvalue weighted by Gasteiger charge is -2.25. The topological polar surface area (TPSA) is 76.1 Å². The Morgan fingerprint density at radius 1 is 1.09 bits per heavy atom. The average molecular weight is 496 g/mol. The fourth-order valence-corrected chi connectivity index (χ4v) is 4.61. The summed E-state index contributed by atoms with van der Waals surface area (Å²) in [6.07, 6.45) is 2.45. The minimum Gasteiger partial charge on any atom is -0.507 e. The highest BCUT2D eigenvalue weighted by Crippen LogP contribution is 2.47. The molecule has 6 nitrogen and oxygen atoms in total. The van der Waals surface area contributed by atoms with E-state index in [1.807, 2.05) is 6.92 Å². The van der Waals surface area contributed by atoms with Crippen molar-refractivity contribution >= 4 is 40.7 Å². The van der Waals surface area contributed by atoms with Gasteiger partial charge in [0.25, 0.3) is 11.7 Å². The van der Waals surface area contributed by atoms with Crippen molar-refractivity contribution in [2.75, 3.05) is 20.8 Å². The van der Waals surface area contributed by atoms with Crippen LogP contribution < -0.4 is 9.47 Å². The number of hydrogen-bond acceptors (Lipinski definition) is 5. The standard InChI is InChI=1S/C24H24Cl2FNO5/c1-4-5-6-11-28-19(13-7-9-14(27)10-8-13)17(21(30)24(28)31)20(29)15-12-16(25)23(33-3)18(26)22(15)32-2/h7-10,12,19,29H,4-6,11H2,1-3H3/b20-17+. The number of ketones is 1. The molecule has 1 aliphatic heterocycles. The number of aliphatic hydroxyl groups is 1. The molecule has 0 spiro atoms. The molecule has 176 valence electrons. The number of methoxy groups -OCH3 is 2. The van der Waals surface area contributed by atoms with Crippen LogP contribution in [0.2, 0.25) is 10.0 Å². The number of aliphatic hydroxyl groups excluding tert-OH is 1. The minimum atomic E-state index is -0.910. The van der Waals surface area contributed by atoms with Crippen molar-refractivity contribution in [2.24, 2.45) is 0 Å². The maximum atomic E-state index is 13.6. The summed E-state index contributed by atoms with van der Waals surface area (Å²) in [4.78, 5) is 27.4. The van der Waals surface area contributed by atoms with Crippen LogP contribution >= 0.6 is 23.2 Å². The molecule has 1 fully saturated rings. The van der Waals surface area contributed by atoms with Gasteiger partial charge in [0.1, 0.15) is 16.6 Å². The number of likely N-dealkylation sites (tertiary alicyclic amines) is 1. The Bertz CT molecular complexity index is 1100. The van der Waals surface area contributed by atoms with E-state index in [9.17, 15) is 19.1 Å². The summed E-state index contributed by atoms with van der Waals surface area (Å²) in [6.45, 7) is 2.33. The van der Waals surface area contributed by atoms with Crippen LogP contribution in [-0.4, -0.2) is 42.5 Å². The highest BCUT2D eigenvalue weighted by atomic mass is 35.5. The lowest BCUT2D eigenvalue weighted by atomic mass is 9.94. The first-order chi connectivity index (χ1) is 15.8. The number of ether oxygens (including phenoxy) is 2. The maximum Gasteiger partial charge on any atom is 0.295 e. The third-order valence-electron chi connectivity index (χ3n) is 5.52. The Kier molecular flexibility index (Phi) is 7.87. The number of nitrogens with zero attached hydrogens (tertiary/aromatic N) is 1. The van der Waals surface area contributed by atoms with Crippen molar-refractivity contribution in [1.82, 2.24) is 4.90 Å². The van der Waals surface area contributed by atoms with Crippen molar-refractivity contribution in [2.45, 2.75) is 32.2 Å². The fraction of sp³-hybridized carbons (Fsp3) is 0.333. The van der Waals surface area contributed by atoms with Crippen LogP contribution in [-0.2, 0) is 9.59 Å². The van der Waals surface area contributed by atoms with Gasteiger partial charge in [-0.15, -0.1) is 0 Å². The molecule has 9 heteroatoms. The Morgan fingerprint density at radius 2 is 1.73 bits per heavy atom. The first-order valence-electron chi connectivity index (χ1n) is 10.4. The highest BCUT2D eigenvalue weighted by molar-refractivity contribution is 6.47. The summed E-state index contributed by atoms with van der Waals surface area (Å²) in [7, 11) is 2.72. The predicted molar refractivity (Wildman–Crippen MR) is 125 cm³/mol. The maximum absolute atomic E-state index is 13.6. The molecule has 0 radical (unpaired) electrons. The Morgan fingerprint density at radius 3 is 2.30 bits per heavy atom. The van der Waals surface area contributed by atoms with E-state index in [0.717, 1.165) is 12.8 Å². The van der Waals surface area contributed by atoms with Crippen LogP contribution in [0.1, 0.15) is 43.4 Å². The van der Waals surface area contributed by atoms with Gasteiger partial charge in [0.05, 0.1) is 36.4 Å². The Balaban J connectivity index is 2.24. The van der Waals surface area contributed by atoms with Gasteiger partial charge in [0.15, 0.2) is 11.5 Å². The van der Waals surface area contributed by atoms with E-state index >= 15 is 0 Å². The molecule has 0 aliphatic carbocycles. The summed E-state index contributed by atoms with van der Waals surface area (Å²) < 4.78 is 24.1. The monoisotopic (exact) mass is 495 g/mol. The lowest BCUT2D eigenvalue weighted by Crippen LogP contribution is -2.30. The van der Waals surface area contributed by atoms with Gasteiger partial charge in [-0.1, -0.05) is 55.1 Å². The van der Waals surface area contributed by atoms with Crippen LogP contribution in [0.15, 0.2) is 35.9 Å². The van der Waals surface area contributed by atoms with E-state index in [2.05, 4.69) is 0 Å². The molecule has 2 aromatic carbocycles. The number of carbonyl (C=O) groups is 2. The van der Waals surface area contributed by atoms with Crippen molar-refractivity contribution < 1.29 is 28.6 Å². The molecule has 0 saturated carbocycles. The van der Waals surface area contributed by atoms with Crippen LogP contribution in [0.5, 0.6) is 11.5 Å². The Hall–Kier alpha value is -2.77. The molecule has 3 rings (SSSR count). The molecule has 1 saturated heterocycles. The number of amides is 1. The summed E-state index contributed by atoms with van der Waals surface area (Å²) in [5.74, 6) is -2.39. The van der Waals surface area contributed by atoms with Gasteiger partial charge >= 0.3 is 0 Å². The van der Waals surface area contributed by atoms with Gasteiger partial charge in [-0.3, -0.25) is 9.59 Å².